The quantitative estimate of drug-likeness (QED) is 0.847. The van der Waals surface area contributed by atoms with Crippen LogP contribution in [-0.2, 0) is 0 Å². The minimum absolute atomic E-state index is 0.704. The lowest BCUT2D eigenvalue weighted by atomic mass is 10.3. The van der Waals surface area contributed by atoms with Crippen LogP contribution in [0.2, 0.25) is 0 Å². The lowest BCUT2D eigenvalue weighted by molar-refractivity contribution is 0.229. The largest absolute Gasteiger partial charge is 0.357 e. The number of rotatable bonds is 5. The first-order valence-electron chi connectivity index (χ1n) is 7.24. The second-order valence-corrected chi connectivity index (χ2v) is 5.57. The molecular weight excluding hydrogens is 252 g/mol. The molecule has 1 fully saturated rings. The minimum Gasteiger partial charge on any atom is -0.357 e. The van der Waals surface area contributed by atoms with E-state index in [2.05, 4.69) is 50.1 Å². The molecule has 1 aliphatic rings. The summed E-state index contributed by atoms with van der Waals surface area (Å²) in [5.74, 6) is 1.74. The topological polar surface area (TPSA) is 47.5 Å². The molecule has 2 rings (SSSR count). The van der Waals surface area contributed by atoms with Crippen LogP contribution in [0.5, 0.6) is 0 Å². The molecule has 0 unspecified atom stereocenters. The molecule has 0 atom stereocenters. The zero-order valence-corrected chi connectivity index (χ0v) is 13.1. The van der Waals surface area contributed by atoms with Crippen molar-refractivity contribution in [3.63, 3.8) is 0 Å². The molecule has 0 spiro atoms. The van der Waals surface area contributed by atoms with Crippen molar-refractivity contribution in [3.8, 4) is 0 Å². The van der Waals surface area contributed by atoms with E-state index in [4.69, 9.17) is 0 Å². The van der Waals surface area contributed by atoms with Gasteiger partial charge in [-0.05, 0) is 21.0 Å². The third-order valence-electron chi connectivity index (χ3n) is 3.62. The van der Waals surface area contributed by atoms with E-state index in [9.17, 15) is 0 Å². The summed E-state index contributed by atoms with van der Waals surface area (Å²) in [6.45, 7) is 8.55. The van der Waals surface area contributed by atoms with E-state index in [1.807, 2.05) is 14.0 Å². The summed E-state index contributed by atoms with van der Waals surface area (Å²) in [6.07, 6.45) is 0. The minimum atomic E-state index is 0.704. The summed E-state index contributed by atoms with van der Waals surface area (Å²) in [4.78, 5) is 16.0. The highest BCUT2D eigenvalue weighted by molar-refractivity contribution is 5.45. The molecule has 6 nitrogen and oxygen atoms in total. The molecule has 20 heavy (non-hydrogen) atoms. The Kier molecular flexibility index (Phi) is 5.14. The van der Waals surface area contributed by atoms with Crippen molar-refractivity contribution >= 4 is 11.8 Å². The zero-order valence-electron chi connectivity index (χ0n) is 13.1. The molecule has 112 valence electrons. The monoisotopic (exact) mass is 278 g/mol. The molecule has 1 saturated heterocycles. The van der Waals surface area contributed by atoms with Crippen LogP contribution in [0, 0.1) is 6.92 Å². The maximum Gasteiger partial charge on any atom is 0.224 e. The van der Waals surface area contributed by atoms with E-state index in [0.717, 1.165) is 50.8 Å². The van der Waals surface area contributed by atoms with Gasteiger partial charge in [0.05, 0.1) is 0 Å². The molecule has 1 aromatic heterocycles. The number of nitrogens with one attached hydrogen (secondary N) is 1. The van der Waals surface area contributed by atoms with E-state index < -0.39 is 0 Å². The van der Waals surface area contributed by atoms with Gasteiger partial charge >= 0.3 is 0 Å². The van der Waals surface area contributed by atoms with Crippen molar-refractivity contribution in [2.24, 2.45) is 0 Å². The maximum atomic E-state index is 4.55. The molecule has 1 aromatic rings. The molecule has 0 bridgehead atoms. The average molecular weight is 278 g/mol. The van der Waals surface area contributed by atoms with Crippen molar-refractivity contribution in [1.29, 1.82) is 0 Å². The van der Waals surface area contributed by atoms with Crippen molar-refractivity contribution in [2.45, 2.75) is 6.92 Å². The molecule has 2 heterocycles. The van der Waals surface area contributed by atoms with Crippen LogP contribution < -0.4 is 10.2 Å². The Morgan fingerprint density at radius 1 is 1.20 bits per heavy atom. The van der Waals surface area contributed by atoms with Crippen LogP contribution >= 0.6 is 0 Å². The van der Waals surface area contributed by atoms with Crippen LogP contribution in [0.4, 0.5) is 11.8 Å². The summed E-state index contributed by atoms with van der Waals surface area (Å²) in [5, 5.41) is 3.02. The highest BCUT2D eigenvalue weighted by Crippen LogP contribution is 2.16. The molecule has 1 N–H and O–H groups in total. The van der Waals surface area contributed by atoms with Gasteiger partial charge in [-0.15, -0.1) is 0 Å². The molecule has 0 aromatic carbocycles. The van der Waals surface area contributed by atoms with Gasteiger partial charge in [0, 0.05) is 58.1 Å². The smallest absolute Gasteiger partial charge is 0.224 e. The number of nitrogens with zero attached hydrogens (tertiary/aromatic N) is 5. The van der Waals surface area contributed by atoms with Crippen molar-refractivity contribution in [3.05, 3.63) is 11.8 Å². The zero-order chi connectivity index (χ0) is 14.5. The van der Waals surface area contributed by atoms with Gasteiger partial charge in [0.25, 0.3) is 0 Å². The highest BCUT2D eigenvalue weighted by atomic mass is 15.3. The fourth-order valence-electron chi connectivity index (χ4n) is 2.37. The average Bonchev–Trinajstić information content (AvgIpc) is 2.45. The molecule has 0 amide bonds. The summed E-state index contributed by atoms with van der Waals surface area (Å²) in [5.41, 5.74) is 1.01. The molecule has 0 radical (unpaired) electrons. The number of aromatic nitrogens is 2. The van der Waals surface area contributed by atoms with Gasteiger partial charge in [-0.3, -0.25) is 4.90 Å². The van der Waals surface area contributed by atoms with E-state index >= 15 is 0 Å². The summed E-state index contributed by atoms with van der Waals surface area (Å²) < 4.78 is 0. The van der Waals surface area contributed by atoms with E-state index in [1.54, 1.807) is 0 Å². The Morgan fingerprint density at radius 3 is 2.50 bits per heavy atom. The first-order valence-corrected chi connectivity index (χ1v) is 7.24. The number of piperazine rings is 1. The second-order valence-electron chi connectivity index (χ2n) is 5.57. The van der Waals surface area contributed by atoms with Crippen molar-refractivity contribution in [2.75, 3.05) is 70.6 Å². The van der Waals surface area contributed by atoms with Crippen LogP contribution in [-0.4, -0.2) is 80.2 Å². The van der Waals surface area contributed by atoms with Gasteiger partial charge in [-0.25, -0.2) is 4.98 Å². The normalized spacial score (nSPS) is 16.8. The van der Waals surface area contributed by atoms with Gasteiger partial charge in [0.2, 0.25) is 5.95 Å². The summed E-state index contributed by atoms with van der Waals surface area (Å²) in [7, 11) is 6.11. The van der Waals surface area contributed by atoms with Crippen LogP contribution in [0.15, 0.2) is 6.07 Å². The molecular formula is C14H26N6. The molecule has 1 aliphatic heterocycles. The van der Waals surface area contributed by atoms with Crippen molar-refractivity contribution in [1.82, 2.24) is 19.8 Å². The van der Waals surface area contributed by atoms with E-state index in [-0.39, 0.29) is 0 Å². The number of likely N-dealkylation sites (N-methyl/N-ethyl adjacent to an activating group) is 1. The first-order chi connectivity index (χ1) is 9.58. The van der Waals surface area contributed by atoms with Gasteiger partial charge in [-0.1, -0.05) is 0 Å². The van der Waals surface area contributed by atoms with Crippen LogP contribution in [0.1, 0.15) is 5.69 Å². The first kappa shape index (κ1) is 15.0. The van der Waals surface area contributed by atoms with Gasteiger partial charge < -0.3 is 15.1 Å². The predicted octanol–water partition coefficient (Wildman–Crippen LogP) is 0.510. The third kappa shape index (κ3) is 4.05. The Hall–Kier alpha value is -1.40. The number of aryl methyl sites for hydroxylation is 1. The number of hydrogen-bond donors (Lipinski definition) is 1. The maximum absolute atomic E-state index is 4.55. The van der Waals surface area contributed by atoms with E-state index in [1.165, 1.54) is 0 Å². The highest BCUT2D eigenvalue weighted by Gasteiger charge is 2.18. The molecule has 6 heteroatoms. The molecule has 0 aliphatic carbocycles. The van der Waals surface area contributed by atoms with Crippen molar-refractivity contribution < 1.29 is 0 Å². The third-order valence-corrected chi connectivity index (χ3v) is 3.62. The Labute approximate surface area is 121 Å². The molecule has 0 saturated carbocycles. The number of hydrogen-bond acceptors (Lipinski definition) is 6. The fourth-order valence-corrected chi connectivity index (χ4v) is 2.37. The summed E-state index contributed by atoms with van der Waals surface area (Å²) in [6, 6.07) is 2.07. The van der Waals surface area contributed by atoms with Gasteiger partial charge in [0.1, 0.15) is 5.82 Å². The van der Waals surface area contributed by atoms with Crippen LogP contribution in [0.25, 0.3) is 0 Å². The lowest BCUT2D eigenvalue weighted by Crippen LogP contribution is -2.48. The van der Waals surface area contributed by atoms with Crippen LogP contribution in [0.3, 0.4) is 0 Å². The van der Waals surface area contributed by atoms with Gasteiger partial charge in [0.15, 0.2) is 0 Å². The standard InChI is InChI=1S/C14H26N6/c1-12-11-13(17-14(15-2)16-12)20-9-7-19(8-10-20)6-5-18(3)4/h11H,5-10H2,1-4H3,(H,15,16,17). The Morgan fingerprint density at radius 2 is 1.90 bits per heavy atom. The second kappa shape index (κ2) is 6.85. The Bertz CT molecular complexity index is 426. The summed E-state index contributed by atoms with van der Waals surface area (Å²) >= 11 is 0. The Balaban J connectivity index is 1.91. The number of anilines is 2. The fraction of sp³-hybridized carbons (Fsp3) is 0.714. The van der Waals surface area contributed by atoms with Gasteiger partial charge in [-0.2, -0.15) is 4.98 Å². The van der Waals surface area contributed by atoms with E-state index in [0.29, 0.717) is 5.95 Å². The predicted molar refractivity (Wildman–Crippen MR) is 83.5 cm³/mol. The SMILES string of the molecule is CNc1nc(C)cc(N2CCN(CCN(C)C)CC2)n1. The lowest BCUT2D eigenvalue weighted by Gasteiger charge is -2.36.